The van der Waals surface area contributed by atoms with Crippen LogP contribution in [0, 0.1) is 0 Å². The van der Waals surface area contributed by atoms with Crippen LogP contribution in [0.4, 0.5) is 11.4 Å². The number of nitrogens with zero attached hydrogens (tertiary/aromatic N) is 1. The third kappa shape index (κ3) is 5.07. The molecule has 1 aliphatic rings. The molecule has 7 heteroatoms. The fraction of sp³-hybridized carbons (Fsp3) is 0.562. The lowest BCUT2D eigenvalue weighted by Gasteiger charge is -2.35. The van der Waals surface area contributed by atoms with Crippen LogP contribution < -0.4 is 14.9 Å². The maximum absolute atomic E-state index is 11.6. The second-order valence-corrected chi connectivity index (χ2v) is 8.90. The van der Waals surface area contributed by atoms with Crippen molar-refractivity contribution in [3.63, 3.8) is 0 Å². The van der Waals surface area contributed by atoms with Gasteiger partial charge in [0.05, 0.1) is 11.9 Å². The molecule has 0 radical (unpaired) electrons. The zero-order chi connectivity index (χ0) is 17.1. The van der Waals surface area contributed by atoms with E-state index >= 15 is 0 Å². The molecular weight excluding hydrogens is 330 g/mol. The highest BCUT2D eigenvalue weighted by Gasteiger charge is 2.27. The summed E-state index contributed by atoms with van der Waals surface area (Å²) in [6.07, 6.45) is 7.15. The van der Waals surface area contributed by atoms with Crippen LogP contribution in [0.1, 0.15) is 39.0 Å². The molecule has 1 saturated carbocycles. The highest BCUT2D eigenvalue weighted by molar-refractivity contribution is 7.92. The van der Waals surface area contributed by atoms with Crippen molar-refractivity contribution in [2.45, 2.75) is 44.6 Å². The molecule has 0 aliphatic heterocycles. The van der Waals surface area contributed by atoms with Crippen LogP contribution in [0.2, 0.25) is 0 Å². The van der Waals surface area contributed by atoms with Gasteiger partial charge in [0.1, 0.15) is 0 Å². The summed E-state index contributed by atoms with van der Waals surface area (Å²) in [6.45, 7) is 2.20. The summed E-state index contributed by atoms with van der Waals surface area (Å²) in [5, 5.41) is 7.15. The fourth-order valence-electron chi connectivity index (χ4n) is 2.86. The summed E-state index contributed by atoms with van der Waals surface area (Å²) in [5.74, 6) is 0. The second-order valence-electron chi connectivity index (χ2n) is 6.48. The lowest BCUT2D eigenvalue weighted by molar-refractivity contribution is 0.292. The summed E-state index contributed by atoms with van der Waals surface area (Å²) in [6, 6.07) is 7.21. The molecule has 2 N–H and O–H groups in total. The molecule has 1 fully saturated rings. The Bertz CT molecular complexity index is 668. The Balaban J connectivity index is 2.04. The van der Waals surface area contributed by atoms with Crippen molar-refractivity contribution in [3.8, 4) is 0 Å². The summed E-state index contributed by atoms with van der Waals surface area (Å²) in [7, 11) is -1.74. The number of hydrogen-bond acceptors (Lipinski definition) is 3. The summed E-state index contributed by atoms with van der Waals surface area (Å²) < 4.78 is 24.5. The van der Waals surface area contributed by atoms with Crippen LogP contribution in [0.15, 0.2) is 24.3 Å². The summed E-state index contributed by atoms with van der Waals surface area (Å²) >= 11 is 5.42. The zero-order valence-corrected chi connectivity index (χ0v) is 15.6. The molecule has 0 heterocycles. The molecule has 1 aromatic rings. The maximum atomic E-state index is 11.6. The average Bonchev–Trinajstić information content (AvgIpc) is 2.45. The van der Waals surface area contributed by atoms with Gasteiger partial charge in [0.15, 0.2) is 5.11 Å². The predicted octanol–water partition coefficient (Wildman–Crippen LogP) is 3.09. The van der Waals surface area contributed by atoms with E-state index in [1.165, 1.54) is 36.9 Å². The number of hydrogen-bond donors (Lipinski definition) is 2. The molecule has 0 unspecified atom stereocenters. The van der Waals surface area contributed by atoms with Gasteiger partial charge >= 0.3 is 0 Å². The SMILES string of the molecule is CN(c1cccc(NC(=S)NC2(C)CCCCC2)c1)S(C)(=O)=O. The molecule has 0 spiro atoms. The van der Waals surface area contributed by atoms with Crippen molar-refractivity contribution in [3.05, 3.63) is 24.3 Å². The van der Waals surface area contributed by atoms with Crippen LogP contribution in [-0.4, -0.2) is 32.4 Å². The molecule has 0 bridgehead atoms. The number of anilines is 2. The Kier molecular flexibility index (Phi) is 5.52. The minimum absolute atomic E-state index is 0.0451. The average molecular weight is 356 g/mol. The summed E-state index contributed by atoms with van der Waals surface area (Å²) in [4.78, 5) is 0. The zero-order valence-electron chi connectivity index (χ0n) is 13.9. The van der Waals surface area contributed by atoms with Crippen molar-refractivity contribution in [2.24, 2.45) is 0 Å². The molecule has 0 amide bonds. The van der Waals surface area contributed by atoms with Crippen molar-refractivity contribution in [1.82, 2.24) is 5.32 Å². The van der Waals surface area contributed by atoms with Gasteiger partial charge in [-0.25, -0.2) is 8.42 Å². The van der Waals surface area contributed by atoms with Crippen molar-refractivity contribution < 1.29 is 8.42 Å². The van der Waals surface area contributed by atoms with E-state index in [0.717, 1.165) is 18.5 Å². The van der Waals surface area contributed by atoms with Crippen molar-refractivity contribution in [2.75, 3.05) is 22.9 Å². The van der Waals surface area contributed by atoms with Crippen LogP contribution in [0.3, 0.4) is 0 Å². The van der Waals surface area contributed by atoms with Crippen LogP contribution in [0.25, 0.3) is 0 Å². The molecule has 0 atom stereocenters. The van der Waals surface area contributed by atoms with E-state index in [4.69, 9.17) is 12.2 Å². The number of nitrogens with one attached hydrogen (secondary N) is 2. The lowest BCUT2D eigenvalue weighted by Crippen LogP contribution is -2.48. The topological polar surface area (TPSA) is 61.4 Å². The molecule has 128 valence electrons. The Labute approximate surface area is 144 Å². The first kappa shape index (κ1) is 18.0. The molecule has 1 aliphatic carbocycles. The fourth-order valence-corrected chi connectivity index (χ4v) is 3.73. The quantitative estimate of drug-likeness (QED) is 0.813. The highest BCUT2D eigenvalue weighted by Crippen LogP contribution is 2.28. The standard InChI is InChI=1S/C16H25N3O2S2/c1-16(10-5-4-6-11-16)18-15(22)17-13-8-7-9-14(12-13)19(2)23(3,20)21/h7-9,12H,4-6,10-11H2,1-3H3,(H2,17,18,22). The smallest absolute Gasteiger partial charge is 0.231 e. The van der Waals surface area contributed by atoms with Crippen molar-refractivity contribution >= 4 is 38.7 Å². The molecule has 0 saturated heterocycles. The number of sulfonamides is 1. The Morgan fingerprint density at radius 2 is 1.91 bits per heavy atom. The largest absolute Gasteiger partial charge is 0.357 e. The van der Waals surface area contributed by atoms with Gasteiger partial charge in [-0.1, -0.05) is 25.3 Å². The monoisotopic (exact) mass is 355 g/mol. The van der Waals surface area contributed by atoms with Gasteiger partial charge in [0, 0.05) is 18.3 Å². The first-order chi connectivity index (χ1) is 10.7. The van der Waals surface area contributed by atoms with Gasteiger partial charge in [-0.15, -0.1) is 0 Å². The normalized spacial score (nSPS) is 17.3. The van der Waals surface area contributed by atoms with E-state index in [0.29, 0.717) is 10.8 Å². The van der Waals surface area contributed by atoms with Crippen LogP contribution >= 0.6 is 12.2 Å². The number of rotatable bonds is 4. The van der Waals surface area contributed by atoms with Crippen LogP contribution in [-0.2, 0) is 10.0 Å². The van der Waals surface area contributed by atoms with E-state index in [-0.39, 0.29) is 5.54 Å². The Morgan fingerprint density at radius 1 is 1.26 bits per heavy atom. The highest BCUT2D eigenvalue weighted by atomic mass is 32.2. The van der Waals surface area contributed by atoms with Gasteiger partial charge < -0.3 is 10.6 Å². The maximum Gasteiger partial charge on any atom is 0.231 e. The molecule has 2 rings (SSSR count). The number of benzene rings is 1. The van der Waals surface area contributed by atoms with Gasteiger partial charge in [0.25, 0.3) is 0 Å². The second kappa shape index (κ2) is 7.05. The van der Waals surface area contributed by atoms with Gasteiger partial charge in [-0.05, 0) is 50.2 Å². The molecular formula is C16H25N3O2S2. The summed E-state index contributed by atoms with van der Waals surface area (Å²) in [5.41, 5.74) is 1.42. The van der Waals surface area contributed by atoms with Gasteiger partial charge in [-0.3, -0.25) is 4.31 Å². The molecule has 23 heavy (non-hydrogen) atoms. The Hall–Kier alpha value is -1.34. The minimum Gasteiger partial charge on any atom is -0.357 e. The predicted molar refractivity (Wildman–Crippen MR) is 101 cm³/mol. The van der Waals surface area contributed by atoms with Crippen LogP contribution in [0.5, 0.6) is 0 Å². The van der Waals surface area contributed by atoms with E-state index in [1.807, 2.05) is 12.1 Å². The third-order valence-corrected chi connectivity index (χ3v) is 5.75. The van der Waals surface area contributed by atoms with E-state index < -0.39 is 10.0 Å². The van der Waals surface area contributed by atoms with E-state index in [2.05, 4.69) is 17.6 Å². The third-order valence-electron chi connectivity index (χ3n) is 4.34. The van der Waals surface area contributed by atoms with Gasteiger partial charge in [-0.2, -0.15) is 0 Å². The van der Waals surface area contributed by atoms with Gasteiger partial charge in [0.2, 0.25) is 10.0 Å². The minimum atomic E-state index is -3.28. The molecule has 1 aromatic carbocycles. The first-order valence-electron chi connectivity index (χ1n) is 7.83. The first-order valence-corrected chi connectivity index (χ1v) is 10.1. The lowest BCUT2D eigenvalue weighted by atomic mass is 9.83. The molecule has 0 aromatic heterocycles. The van der Waals surface area contributed by atoms with Crippen molar-refractivity contribution in [1.29, 1.82) is 0 Å². The number of thiocarbonyl (C=S) groups is 1. The Morgan fingerprint density at radius 3 is 2.52 bits per heavy atom. The molecule has 5 nitrogen and oxygen atoms in total. The van der Waals surface area contributed by atoms with E-state index in [9.17, 15) is 8.42 Å². The van der Waals surface area contributed by atoms with E-state index in [1.54, 1.807) is 12.1 Å².